The third-order valence-electron chi connectivity index (χ3n) is 5.03. The maximum atomic E-state index is 13.3. The zero-order valence-electron chi connectivity index (χ0n) is 15.1. The average Bonchev–Trinajstić information content (AvgIpc) is 2.69. The zero-order valence-corrected chi connectivity index (χ0v) is 16.7. The second kappa shape index (κ2) is 7.57. The molecule has 0 fully saturated rings. The summed E-state index contributed by atoms with van der Waals surface area (Å²) < 4.78 is 0.823. The van der Waals surface area contributed by atoms with Crippen molar-refractivity contribution in [2.24, 2.45) is 0 Å². The number of rotatable bonds is 3. The van der Waals surface area contributed by atoms with Crippen LogP contribution in [0.2, 0.25) is 0 Å². The van der Waals surface area contributed by atoms with Gasteiger partial charge in [0.2, 0.25) is 0 Å². The van der Waals surface area contributed by atoms with Crippen LogP contribution in [0.3, 0.4) is 0 Å². The third-order valence-corrected chi connectivity index (χ3v) is 5.72. The summed E-state index contributed by atoms with van der Waals surface area (Å²) in [6.07, 6.45) is 0.849. The van der Waals surface area contributed by atoms with Crippen molar-refractivity contribution >= 4 is 33.2 Å². The molecule has 4 rings (SSSR count). The van der Waals surface area contributed by atoms with Gasteiger partial charge in [0.15, 0.2) is 0 Å². The first-order valence-electron chi connectivity index (χ1n) is 9.14. The highest BCUT2D eigenvalue weighted by Gasteiger charge is 2.34. The molecule has 0 aromatic heterocycles. The van der Waals surface area contributed by atoms with Gasteiger partial charge in [-0.1, -0.05) is 48.5 Å². The molecule has 0 aliphatic carbocycles. The van der Waals surface area contributed by atoms with E-state index in [1.807, 2.05) is 65.6 Å². The van der Waals surface area contributed by atoms with E-state index in [9.17, 15) is 4.79 Å². The molecule has 1 heterocycles. The summed E-state index contributed by atoms with van der Waals surface area (Å²) in [4.78, 5) is 15.3. The number of hydrogen-bond acceptors (Lipinski definition) is 2. The molecule has 0 spiro atoms. The third kappa shape index (κ3) is 3.50. The first kappa shape index (κ1) is 17.8. The number of fused-ring (bicyclic) bond motifs is 1. The Bertz CT molecular complexity index is 957. The van der Waals surface area contributed by atoms with Crippen molar-refractivity contribution in [2.45, 2.75) is 25.4 Å². The molecule has 0 unspecified atom stereocenters. The lowest BCUT2D eigenvalue weighted by molar-refractivity contribution is 0.0973. The molecule has 3 aromatic rings. The van der Waals surface area contributed by atoms with Gasteiger partial charge in [0.25, 0.3) is 5.91 Å². The molecule has 3 nitrogen and oxygen atoms in total. The maximum absolute atomic E-state index is 13.3. The lowest BCUT2D eigenvalue weighted by Crippen LogP contribution is -2.44. The predicted octanol–water partition coefficient (Wildman–Crippen LogP) is 6.04. The van der Waals surface area contributed by atoms with E-state index in [-0.39, 0.29) is 18.0 Å². The molecule has 1 amide bonds. The van der Waals surface area contributed by atoms with Gasteiger partial charge in [-0.25, -0.2) is 0 Å². The van der Waals surface area contributed by atoms with Crippen LogP contribution in [0.5, 0.6) is 0 Å². The number of anilines is 2. The minimum Gasteiger partial charge on any atom is -0.378 e. The van der Waals surface area contributed by atoms with Crippen LogP contribution in [0.25, 0.3) is 0 Å². The molecule has 136 valence electrons. The van der Waals surface area contributed by atoms with Gasteiger partial charge in [0, 0.05) is 21.9 Å². The summed E-state index contributed by atoms with van der Waals surface area (Å²) in [5, 5.41) is 3.63. The molecule has 3 aromatic carbocycles. The molecular weight excluding hydrogens is 400 g/mol. The smallest absolute Gasteiger partial charge is 0.259 e. The van der Waals surface area contributed by atoms with Crippen LogP contribution in [0.15, 0.2) is 83.3 Å². The first-order chi connectivity index (χ1) is 13.1. The molecule has 0 bridgehead atoms. The summed E-state index contributed by atoms with van der Waals surface area (Å²) in [6.45, 7) is 2.12. The molecule has 4 heteroatoms. The normalized spacial score (nSPS) is 18.7. The zero-order chi connectivity index (χ0) is 18.8. The second-order valence-electron chi connectivity index (χ2n) is 6.86. The molecule has 0 saturated carbocycles. The van der Waals surface area contributed by atoms with Gasteiger partial charge in [0.1, 0.15) is 0 Å². The Balaban J connectivity index is 1.71. The Morgan fingerprint density at radius 2 is 1.63 bits per heavy atom. The summed E-state index contributed by atoms with van der Waals surface area (Å²) in [6, 6.07) is 26.3. The van der Waals surface area contributed by atoms with Gasteiger partial charge in [0.05, 0.1) is 11.6 Å². The highest BCUT2D eigenvalue weighted by Crippen LogP contribution is 2.40. The number of nitrogens with one attached hydrogen (secondary N) is 1. The number of benzene rings is 3. The van der Waals surface area contributed by atoms with E-state index in [0.717, 1.165) is 27.8 Å². The maximum Gasteiger partial charge on any atom is 0.259 e. The van der Waals surface area contributed by atoms with Crippen molar-refractivity contribution in [3.05, 3.63) is 94.5 Å². The van der Waals surface area contributed by atoms with Crippen LogP contribution in [-0.4, -0.2) is 11.9 Å². The molecule has 1 aliphatic heterocycles. The molecule has 1 aliphatic rings. The largest absolute Gasteiger partial charge is 0.378 e. The minimum absolute atomic E-state index is 0.0283. The van der Waals surface area contributed by atoms with Crippen molar-refractivity contribution < 1.29 is 4.79 Å². The molecular formula is C23H21BrN2O. The van der Waals surface area contributed by atoms with Gasteiger partial charge >= 0.3 is 0 Å². The molecule has 27 heavy (non-hydrogen) atoms. The second-order valence-corrected chi connectivity index (χ2v) is 7.72. The fourth-order valence-electron chi connectivity index (χ4n) is 3.76. The average molecular weight is 421 g/mol. The quantitative estimate of drug-likeness (QED) is 0.559. The van der Waals surface area contributed by atoms with E-state index < -0.39 is 0 Å². The number of amides is 1. The standard InChI is InChI=1S/C23H21BrN2O/c1-16-15-21(25-17-9-3-2-4-10-17)19-12-6-8-14-22(19)26(16)23(27)18-11-5-7-13-20(18)24/h2-14,16,21,25H,15H2,1H3/t16-,21-/m1/s1. The van der Waals surface area contributed by atoms with Crippen LogP contribution < -0.4 is 10.2 Å². The fraction of sp³-hybridized carbons (Fsp3) is 0.174. The van der Waals surface area contributed by atoms with Gasteiger partial charge < -0.3 is 10.2 Å². The molecule has 2 atom stereocenters. The van der Waals surface area contributed by atoms with Gasteiger partial charge in [-0.3, -0.25) is 4.79 Å². The van der Waals surface area contributed by atoms with Crippen LogP contribution >= 0.6 is 15.9 Å². The van der Waals surface area contributed by atoms with Crippen LogP contribution in [0.4, 0.5) is 11.4 Å². The number of para-hydroxylation sites is 2. The van der Waals surface area contributed by atoms with Crippen molar-refractivity contribution in [3.8, 4) is 0 Å². The molecule has 0 radical (unpaired) electrons. The molecule has 0 saturated heterocycles. The van der Waals surface area contributed by atoms with E-state index in [1.165, 1.54) is 0 Å². The van der Waals surface area contributed by atoms with E-state index in [2.05, 4.69) is 46.4 Å². The van der Waals surface area contributed by atoms with Crippen LogP contribution in [-0.2, 0) is 0 Å². The SMILES string of the molecule is C[C@@H]1C[C@@H](Nc2ccccc2)c2ccccc2N1C(=O)c1ccccc1Br. The summed E-state index contributed by atoms with van der Waals surface area (Å²) in [5.41, 5.74) is 3.91. The van der Waals surface area contributed by atoms with Gasteiger partial charge in [-0.05, 0) is 65.2 Å². The fourth-order valence-corrected chi connectivity index (χ4v) is 4.21. The highest BCUT2D eigenvalue weighted by molar-refractivity contribution is 9.10. The number of nitrogens with zero attached hydrogens (tertiary/aromatic N) is 1. The number of carbonyl (C=O) groups excluding carboxylic acids is 1. The van der Waals surface area contributed by atoms with Crippen LogP contribution in [0, 0.1) is 0 Å². The number of hydrogen-bond donors (Lipinski definition) is 1. The summed E-state index contributed by atoms with van der Waals surface area (Å²) in [7, 11) is 0. The van der Waals surface area contributed by atoms with Gasteiger partial charge in [-0.15, -0.1) is 0 Å². The Kier molecular flexibility index (Phi) is 4.99. The van der Waals surface area contributed by atoms with E-state index >= 15 is 0 Å². The van der Waals surface area contributed by atoms with Crippen molar-refractivity contribution in [1.29, 1.82) is 0 Å². The Morgan fingerprint density at radius 1 is 0.963 bits per heavy atom. The lowest BCUT2D eigenvalue weighted by atomic mass is 9.90. The van der Waals surface area contributed by atoms with Crippen LogP contribution in [0.1, 0.15) is 35.3 Å². The molecule has 1 N–H and O–H groups in total. The van der Waals surface area contributed by atoms with Crippen molar-refractivity contribution in [2.75, 3.05) is 10.2 Å². The van der Waals surface area contributed by atoms with Crippen molar-refractivity contribution in [1.82, 2.24) is 0 Å². The topological polar surface area (TPSA) is 32.3 Å². The van der Waals surface area contributed by atoms with Gasteiger partial charge in [-0.2, -0.15) is 0 Å². The summed E-state index contributed by atoms with van der Waals surface area (Å²) in [5.74, 6) is 0.0283. The monoisotopic (exact) mass is 420 g/mol. The summed E-state index contributed by atoms with van der Waals surface area (Å²) >= 11 is 3.52. The Labute approximate surface area is 168 Å². The lowest BCUT2D eigenvalue weighted by Gasteiger charge is -2.40. The van der Waals surface area contributed by atoms with Crippen molar-refractivity contribution in [3.63, 3.8) is 0 Å². The van der Waals surface area contributed by atoms with E-state index in [0.29, 0.717) is 5.56 Å². The predicted molar refractivity (Wildman–Crippen MR) is 114 cm³/mol. The number of carbonyl (C=O) groups is 1. The Morgan fingerprint density at radius 3 is 2.41 bits per heavy atom. The van der Waals surface area contributed by atoms with E-state index in [1.54, 1.807) is 0 Å². The Hall–Kier alpha value is -2.59. The highest BCUT2D eigenvalue weighted by atomic mass is 79.9. The first-order valence-corrected chi connectivity index (χ1v) is 9.93. The number of halogens is 1. The minimum atomic E-state index is 0.0283. The van der Waals surface area contributed by atoms with E-state index in [4.69, 9.17) is 0 Å².